The number of benzene rings is 3. The van der Waals surface area contributed by atoms with Crippen LogP contribution in [0, 0.1) is 0 Å². The Bertz CT molecular complexity index is 757. The molecule has 106 valence electrons. The van der Waals surface area contributed by atoms with Gasteiger partial charge in [0.05, 0.1) is 5.02 Å². The number of fused-ring (bicyclic) bond motifs is 1. The summed E-state index contributed by atoms with van der Waals surface area (Å²) in [5.74, 6) is 0.808. The standard InChI is InChI=1S/C18H16ClNS/c19-16-7-3-4-8-18(16)21-12-17(20)15-10-9-13-5-1-2-6-14(13)11-15/h1-11,17H,12,20H2. The van der Waals surface area contributed by atoms with Crippen LogP contribution in [0.2, 0.25) is 5.02 Å². The van der Waals surface area contributed by atoms with Crippen LogP contribution in [-0.4, -0.2) is 5.75 Å². The fourth-order valence-electron chi connectivity index (χ4n) is 2.28. The minimum atomic E-state index is -0.00382. The molecule has 0 saturated heterocycles. The molecule has 3 heteroatoms. The summed E-state index contributed by atoms with van der Waals surface area (Å²) in [5, 5.41) is 3.26. The minimum absolute atomic E-state index is 0.00382. The predicted octanol–water partition coefficient (Wildman–Crippen LogP) is 5.29. The highest BCUT2D eigenvalue weighted by molar-refractivity contribution is 7.99. The van der Waals surface area contributed by atoms with Crippen LogP contribution < -0.4 is 5.73 Å². The summed E-state index contributed by atoms with van der Waals surface area (Å²) in [6.07, 6.45) is 0. The first-order chi connectivity index (χ1) is 10.2. The van der Waals surface area contributed by atoms with Gasteiger partial charge >= 0.3 is 0 Å². The second kappa shape index (κ2) is 6.52. The summed E-state index contributed by atoms with van der Waals surface area (Å²) in [7, 11) is 0. The van der Waals surface area contributed by atoms with Gasteiger partial charge in [-0.05, 0) is 34.5 Å². The normalized spacial score (nSPS) is 12.5. The van der Waals surface area contributed by atoms with Crippen molar-refractivity contribution in [3.05, 3.63) is 77.3 Å². The Morgan fingerprint density at radius 3 is 2.43 bits per heavy atom. The highest BCUT2D eigenvalue weighted by atomic mass is 35.5. The van der Waals surface area contributed by atoms with Crippen LogP contribution in [0.25, 0.3) is 10.8 Å². The Morgan fingerprint density at radius 2 is 1.62 bits per heavy atom. The maximum absolute atomic E-state index is 6.32. The molecule has 1 unspecified atom stereocenters. The maximum Gasteiger partial charge on any atom is 0.0541 e. The Hall–Kier alpha value is -1.48. The molecule has 0 amide bonds. The molecule has 1 nitrogen and oxygen atoms in total. The van der Waals surface area contributed by atoms with Crippen molar-refractivity contribution >= 4 is 34.1 Å². The largest absolute Gasteiger partial charge is 0.323 e. The second-order valence-corrected chi connectivity index (χ2v) is 6.42. The van der Waals surface area contributed by atoms with Gasteiger partial charge in [-0.3, -0.25) is 0 Å². The quantitative estimate of drug-likeness (QED) is 0.663. The zero-order valence-corrected chi connectivity index (χ0v) is 13.1. The van der Waals surface area contributed by atoms with Gasteiger partial charge in [0.2, 0.25) is 0 Å². The van der Waals surface area contributed by atoms with Crippen molar-refractivity contribution in [1.82, 2.24) is 0 Å². The second-order valence-electron chi connectivity index (χ2n) is 4.95. The first-order valence-corrected chi connectivity index (χ1v) is 8.22. The van der Waals surface area contributed by atoms with E-state index >= 15 is 0 Å². The van der Waals surface area contributed by atoms with E-state index in [1.54, 1.807) is 11.8 Å². The van der Waals surface area contributed by atoms with Gasteiger partial charge in [0.1, 0.15) is 0 Å². The molecule has 0 radical (unpaired) electrons. The van der Waals surface area contributed by atoms with Crippen LogP contribution in [0.1, 0.15) is 11.6 Å². The molecule has 0 heterocycles. The molecule has 0 spiro atoms. The molecule has 2 N–H and O–H groups in total. The Balaban J connectivity index is 1.75. The van der Waals surface area contributed by atoms with E-state index in [-0.39, 0.29) is 6.04 Å². The summed E-state index contributed by atoms with van der Waals surface area (Å²) in [6.45, 7) is 0. The fourth-order valence-corrected chi connectivity index (χ4v) is 3.51. The average Bonchev–Trinajstić information content (AvgIpc) is 2.53. The molecule has 0 fully saturated rings. The summed E-state index contributed by atoms with van der Waals surface area (Å²) in [4.78, 5) is 1.08. The molecular formula is C18H16ClNS. The first kappa shape index (κ1) is 14.5. The SMILES string of the molecule is NC(CSc1ccccc1Cl)c1ccc2ccccc2c1. The van der Waals surface area contributed by atoms with E-state index in [0.717, 1.165) is 21.2 Å². The van der Waals surface area contributed by atoms with Crippen molar-refractivity contribution in [3.8, 4) is 0 Å². The van der Waals surface area contributed by atoms with Crippen LogP contribution in [0.5, 0.6) is 0 Å². The lowest BCUT2D eigenvalue weighted by molar-refractivity contribution is 0.833. The lowest BCUT2D eigenvalue weighted by atomic mass is 10.0. The highest BCUT2D eigenvalue weighted by Gasteiger charge is 2.09. The van der Waals surface area contributed by atoms with Crippen LogP contribution >= 0.6 is 23.4 Å². The third kappa shape index (κ3) is 3.41. The van der Waals surface area contributed by atoms with Crippen molar-refractivity contribution < 1.29 is 0 Å². The van der Waals surface area contributed by atoms with Crippen molar-refractivity contribution in [2.24, 2.45) is 5.73 Å². The number of nitrogens with two attached hydrogens (primary N) is 1. The number of thioether (sulfide) groups is 1. The molecule has 3 aromatic carbocycles. The highest BCUT2D eigenvalue weighted by Crippen LogP contribution is 2.30. The molecule has 0 aliphatic heterocycles. The maximum atomic E-state index is 6.32. The van der Waals surface area contributed by atoms with Crippen molar-refractivity contribution in [2.75, 3.05) is 5.75 Å². The monoisotopic (exact) mass is 313 g/mol. The lowest BCUT2D eigenvalue weighted by Crippen LogP contribution is -2.12. The number of hydrogen-bond acceptors (Lipinski definition) is 2. The van der Waals surface area contributed by atoms with Crippen molar-refractivity contribution in [3.63, 3.8) is 0 Å². The first-order valence-electron chi connectivity index (χ1n) is 6.85. The van der Waals surface area contributed by atoms with Crippen LogP contribution in [-0.2, 0) is 0 Å². The Morgan fingerprint density at radius 1 is 0.905 bits per heavy atom. The number of rotatable bonds is 4. The number of halogens is 1. The van der Waals surface area contributed by atoms with E-state index < -0.39 is 0 Å². The van der Waals surface area contributed by atoms with Gasteiger partial charge in [0, 0.05) is 16.7 Å². The van der Waals surface area contributed by atoms with Gasteiger partial charge in [-0.25, -0.2) is 0 Å². The van der Waals surface area contributed by atoms with Crippen molar-refractivity contribution in [2.45, 2.75) is 10.9 Å². The van der Waals surface area contributed by atoms with E-state index in [2.05, 4.69) is 42.5 Å². The van der Waals surface area contributed by atoms with E-state index in [1.807, 2.05) is 24.3 Å². The average molecular weight is 314 g/mol. The predicted molar refractivity (Wildman–Crippen MR) is 93.1 cm³/mol. The Labute approximate surface area is 134 Å². The molecule has 0 aliphatic carbocycles. The smallest absolute Gasteiger partial charge is 0.0541 e. The van der Waals surface area contributed by atoms with Crippen LogP contribution in [0.3, 0.4) is 0 Å². The zero-order valence-electron chi connectivity index (χ0n) is 11.5. The molecule has 0 saturated carbocycles. The van der Waals surface area contributed by atoms with Gasteiger partial charge in [0.15, 0.2) is 0 Å². The topological polar surface area (TPSA) is 26.0 Å². The molecule has 21 heavy (non-hydrogen) atoms. The van der Waals surface area contributed by atoms with Gasteiger partial charge in [-0.1, -0.05) is 60.1 Å². The zero-order chi connectivity index (χ0) is 14.7. The van der Waals surface area contributed by atoms with Crippen LogP contribution in [0.15, 0.2) is 71.6 Å². The molecule has 3 aromatic rings. The molecular weight excluding hydrogens is 298 g/mol. The van der Waals surface area contributed by atoms with Gasteiger partial charge in [-0.2, -0.15) is 0 Å². The van der Waals surface area contributed by atoms with E-state index in [0.29, 0.717) is 0 Å². The van der Waals surface area contributed by atoms with E-state index in [1.165, 1.54) is 10.8 Å². The third-order valence-electron chi connectivity index (χ3n) is 3.46. The van der Waals surface area contributed by atoms with Gasteiger partial charge in [-0.15, -0.1) is 11.8 Å². The summed E-state index contributed by atoms with van der Waals surface area (Å²) < 4.78 is 0. The van der Waals surface area contributed by atoms with E-state index in [4.69, 9.17) is 17.3 Å². The van der Waals surface area contributed by atoms with Gasteiger partial charge in [0.25, 0.3) is 0 Å². The van der Waals surface area contributed by atoms with Crippen LogP contribution in [0.4, 0.5) is 0 Å². The molecule has 0 aliphatic rings. The number of hydrogen-bond donors (Lipinski definition) is 1. The minimum Gasteiger partial charge on any atom is -0.323 e. The molecule has 3 rings (SSSR count). The van der Waals surface area contributed by atoms with E-state index in [9.17, 15) is 0 Å². The molecule has 0 aromatic heterocycles. The Kier molecular flexibility index (Phi) is 4.49. The summed E-state index contributed by atoms with van der Waals surface area (Å²) in [5.41, 5.74) is 7.48. The fraction of sp³-hybridized carbons (Fsp3) is 0.111. The van der Waals surface area contributed by atoms with Crippen molar-refractivity contribution in [1.29, 1.82) is 0 Å². The molecule has 0 bridgehead atoms. The van der Waals surface area contributed by atoms with Gasteiger partial charge < -0.3 is 5.73 Å². The molecule has 1 atom stereocenters. The third-order valence-corrected chi connectivity index (χ3v) is 5.09. The summed E-state index contributed by atoms with van der Waals surface area (Å²) >= 11 is 7.87. The summed E-state index contributed by atoms with van der Waals surface area (Å²) in [6, 6.07) is 22.6. The lowest BCUT2D eigenvalue weighted by Gasteiger charge is -2.13.